The van der Waals surface area contributed by atoms with Gasteiger partial charge in [0.15, 0.2) is 0 Å². The minimum atomic E-state index is 0.301. The van der Waals surface area contributed by atoms with E-state index in [1.165, 1.54) is 18.4 Å². The Balaban J connectivity index is 1.89. The summed E-state index contributed by atoms with van der Waals surface area (Å²) in [5, 5.41) is 12.6. The van der Waals surface area contributed by atoms with Crippen molar-refractivity contribution < 1.29 is 9.84 Å². The van der Waals surface area contributed by atoms with Crippen LogP contribution in [-0.4, -0.2) is 25.4 Å². The van der Waals surface area contributed by atoms with Crippen molar-refractivity contribution in [3.05, 3.63) is 29.8 Å². The summed E-state index contributed by atoms with van der Waals surface area (Å²) in [5.74, 6) is 0.901. The molecule has 0 bridgehead atoms. The summed E-state index contributed by atoms with van der Waals surface area (Å²) in [5.41, 5.74) is 1.61. The monoisotopic (exact) mass is 249 g/mol. The first-order chi connectivity index (χ1) is 8.69. The molecule has 2 N–H and O–H groups in total. The average Bonchev–Trinajstić information content (AvgIpc) is 3.17. The molecule has 1 unspecified atom stereocenters. The third-order valence-corrected chi connectivity index (χ3v) is 3.98. The van der Waals surface area contributed by atoms with E-state index in [1.807, 2.05) is 12.1 Å². The van der Waals surface area contributed by atoms with E-state index in [-0.39, 0.29) is 0 Å². The fourth-order valence-electron chi connectivity index (χ4n) is 2.33. The molecule has 0 spiro atoms. The molecule has 1 aliphatic rings. The average molecular weight is 249 g/mol. The van der Waals surface area contributed by atoms with Crippen LogP contribution in [0.1, 0.15) is 37.8 Å². The minimum absolute atomic E-state index is 0.301. The molecule has 0 radical (unpaired) electrons. The third kappa shape index (κ3) is 3.24. The summed E-state index contributed by atoms with van der Waals surface area (Å²) < 4.78 is 5.24. The molecule has 0 saturated heterocycles. The largest absolute Gasteiger partial charge is 0.497 e. The van der Waals surface area contributed by atoms with Crippen molar-refractivity contribution in [1.29, 1.82) is 0 Å². The van der Waals surface area contributed by atoms with Crippen LogP contribution in [0.15, 0.2) is 24.3 Å². The summed E-state index contributed by atoms with van der Waals surface area (Å²) in [7, 11) is 1.69. The van der Waals surface area contributed by atoms with Gasteiger partial charge in [-0.25, -0.2) is 0 Å². The summed E-state index contributed by atoms with van der Waals surface area (Å²) in [6.45, 7) is 3.46. The highest BCUT2D eigenvalue weighted by Crippen LogP contribution is 2.48. The first-order valence-corrected chi connectivity index (χ1v) is 6.67. The summed E-state index contributed by atoms with van der Waals surface area (Å²) >= 11 is 0. The standard InChI is InChI=1S/C15H23NO2/c1-12(13-4-3-5-14(10-13)18-2)16-11-15(6-7-15)8-9-17/h3-5,10,12,16-17H,6-9,11H2,1-2H3. The second-order valence-corrected chi connectivity index (χ2v) is 5.35. The molecule has 2 rings (SSSR count). The molecular formula is C15H23NO2. The van der Waals surface area contributed by atoms with Gasteiger partial charge in [-0.05, 0) is 49.3 Å². The van der Waals surface area contributed by atoms with Crippen molar-refractivity contribution in [2.75, 3.05) is 20.3 Å². The van der Waals surface area contributed by atoms with Crippen molar-refractivity contribution in [2.45, 2.75) is 32.2 Å². The first kappa shape index (κ1) is 13.4. The summed E-state index contributed by atoms with van der Waals surface area (Å²) in [6, 6.07) is 8.49. The van der Waals surface area contributed by atoms with Crippen molar-refractivity contribution in [2.24, 2.45) is 5.41 Å². The highest BCUT2D eigenvalue weighted by molar-refractivity contribution is 5.30. The van der Waals surface area contributed by atoms with Gasteiger partial charge in [-0.1, -0.05) is 12.1 Å². The Morgan fingerprint density at radius 1 is 1.44 bits per heavy atom. The lowest BCUT2D eigenvalue weighted by molar-refractivity contribution is 0.243. The van der Waals surface area contributed by atoms with Crippen LogP contribution in [0.25, 0.3) is 0 Å². The molecule has 1 fully saturated rings. The SMILES string of the molecule is COc1cccc(C(C)NCC2(CCO)CC2)c1. The van der Waals surface area contributed by atoms with Gasteiger partial charge in [-0.3, -0.25) is 0 Å². The maximum Gasteiger partial charge on any atom is 0.119 e. The number of nitrogens with one attached hydrogen (secondary N) is 1. The maximum absolute atomic E-state index is 9.05. The molecule has 1 atom stereocenters. The lowest BCUT2D eigenvalue weighted by atomic mass is 10.0. The van der Waals surface area contributed by atoms with E-state index in [0.29, 0.717) is 18.1 Å². The van der Waals surface area contributed by atoms with E-state index in [2.05, 4.69) is 24.4 Å². The highest BCUT2D eigenvalue weighted by Gasteiger charge is 2.41. The lowest BCUT2D eigenvalue weighted by Crippen LogP contribution is -2.27. The van der Waals surface area contributed by atoms with Gasteiger partial charge in [0.2, 0.25) is 0 Å². The molecule has 100 valence electrons. The van der Waals surface area contributed by atoms with Crippen LogP contribution >= 0.6 is 0 Å². The van der Waals surface area contributed by atoms with Crippen LogP contribution in [0.5, 0.6) is 5.75 Å². The Bertz CT molecular complexity index is 388. The zero-order valence-electron chi connectivity index (χ0n) is 11.3. The Morgan fingerprint density at radius 3 is 2.83 bits per heavy atom. The van der Waals surface area contributed by atoms with E-state index in [1.54, 1.807) is 7.11 Å². The molecule has 0 heterocycles. The number of ether oxygens (including phenoxy) is 1. The van der Waals surface area contributed by atoms with Crippen molar-refractivity contribution in [3.63, 3.8) is 0 Å². The zero-order valence-corrected chi connectivity index (χ0v) is 11.3. The molecule has 1 aromatic carbocycles. The quantitative estimate of drug-likeness (QED) is 0.780. The van der Waals surface area contributed by atoms with Crippen molar-refractivity contribution >= 4 is 0 Å². The van der Waals surface area contributed by atoms with E-state index in [0.717, 1.165) is 18.7 Å². The Morgan fingerprint density at radius 2 is 2.22 bits per heavy atom. The molecule has 1 aliphatic carbocycles. The highest BCUT2D eigenvalue weighted by atomic mass is 16.5. The summed E-state index contributed by atoms with van der Waals surface area (Å²) in [4.78, 5) is 0. The first-order valence-electron chi connectivity index (χ1n) is 6.67. The van der Waals surface area contributed by atoms with Gasteiger partial charge in [0.25, 0.3) is 0 Å². The minimum Gasteiger partial charge on any atom is -0.497 e. The van der Waals surface area contributed by atoms with Crippen LogP contribution in [-0.2, 0) is 0 Å². The van der Waals surface area contributed by atoms with E-state index in [9.17, 15) is 0 Å². The van der Waals surface area contributed by atoms with Gasteiger partial charge < -0.3 is 15.2 Å². The predicted octanol–water partition coefficient (Wildman–Crippen LogP) is 2.51. The number of benzene rings is 1. The van der Waals surface area contributed by atoms with E-state index < -0.39 is 0 Å². The lowest BCUT2D eigenvalue weighted by Gasteiger charge is -2.20. The Kier molecular flexibility index (Phi) is 4.25. The van der Waals surface area contributed by atoms with Crippen LogP contribution in [0.3, 0.4) is 0 Å². The van der Waals surface area contributed by atoms with Crippen molar-refractivity contribution in [3.8, 4) is 5.75 Å². The zero-order chi connectivity index (χ0) is 13.0. The molecule has 3 heteroatoms. The topological polar surface area (TPSA) is 41.5 Å². The molecule has 0 amide bonds. The Labute approximate surface area is 109 Å². The molecule has 0 aromatic heterocycles. The molecule has 1 aromatic rings. The van der Waals surface area contributed by atoms with Gasteiger partial charge in [-0.2, -0.15) is 0 Å². The molecular weight excluding hydrogens is 226 g/mol. The van der Waals surface area contributed by atoms with Crippen LogP contribution in [0.4, 0.5) is 0 Å². The number of hydrogen-bond acceptors (Lipinski definition) is 3. The van der Waals surface area contributed by atoms with Gasteiger partial charge >= 0.3 is 0 Å². The van der Waals surface area contributed by atoms with Crippen LogP contribution < -0.4 is 10.1 Å². The van der Waals surface area contributed by atoms with Gasteiger partial charge in [0.05, 0.1) is 7.11 Å². The maximum atomic E-state index is 9.05. The van der Waals surface area contributed by atoms with E-state index >= 15 is 0 Å². The van der Waals surface area contributed by atoms with Crippen molar-refractivity contribution in [1.82, 2.24) is 5.32 Å². The number of aliphatic hydroxyl groups excluding tert-OH is 1. The normalized spacial score (nSPS) is 18.4. The number of rotatable bonds is 7. The fourth-order valence-corrected chi connectivity index (χ4v) is 2.33. The van der Waals surface area contributed by atoms with Gasteiger partial charge in [-0.15, -0.1) is 0 Å². The smallest absolute Gasteiger partial charge is 0.119 e. The second kappa shape index (κ2) is 5.72. The molecule has 3 nitrogen and oxygen atoms in total. The number of methoxy groups -OCH3 is 1. The third-order valence-electron chi connectivity index (χ3n) is 3.98. The molecule has 18 heavy (non-hydrogen) atoms. The van der Waals surface area contributed by atoms with Crippen LogP contribution in [0, 0.1) is 5.41 Å². The molecule has 0 aliphatic heterocycles. The second-order valence-electron chi connectivity index (χ2n) is 5.35. The Hall–Kier alpha value is -1.06. The fraction of sp³-hybridized carbons (Fsp3) is 0.600. The number of hydrogen-bond donors (Lipinski definition) is 2. The van der Waals surface area contributed by atoms with Crippen LogP contribution in [0.2, 0.25) is 0 Å². The predicted molar refractivity (Wildman–Crippen MR) is 72.8 cm³/mol. The van der Waals surface area contributed by atoms with Gasteiger partial charge in [0, 0.05) is 19.2 Å². The van der Waals surface area contributed by atoms with Gasteiger partial charge in [0.1, 0.15) is 5.75 Å². The molecule has 1 saturated carbocycles. The number of aliphatic hydroxyl groups is 1. The van der Waals surface area contributed by atoms with E-state index in [4.69, 9.17) is 9.84 Å². The summed E-state index contributed by atoms with van der Waals surface area (Å²) in [6.07, 6.45) is 3.40.